The second-order valence-electron chi connectivity index (χ2n) is 9.29. The Morgan fingerprint density at radius 3 is 2.46 bits per heavy atom. The van der Waals surface area contributed by atoms with E-state index in [1.165, 1.54) is 17.0 Å². The fourth-order valence-electron chi connectivity index (χ4n) is 4.49. The van der Waals surface area contributed by atoms with Crippen molar-refractivity contribution in [3.8, 4) is 17.2 Å². The average molecular weight is 529 g/mol. The Hall–Kier alpha value is -4.97. The third-order valence-corrected chi connectivity index (χ3v) is 6.40. The van der Waals surface area contributed by atoms with Gasteiger partial charge in [-0.15, -0.1) is 0 Å². The summed E-state index contributed by atoms with van der Waals surface area (Å²) in [6.45, 7) is 1.19. The minimum Gasteiger partial charge on any atom is -0.457 e. The summed E-state index contributed by atoms with van der Waals surface area (Å²) in [5, 5.41) is 0. The molecule has 39 heavy (non-hydrogen) atoms. The molecule has 4 N–H and O–H groups in total. The van der Waals surface area contributed by atoms with Crippen LogP contribution in [0.3, 0.4) is 0 Å². The van der Waals surface area contributed by atoms with Crippen LogP contribution in [0, 0.1) is 0 Å². The molecule has 0 aliphatic carbocycles. The highest BCUT2D eigenvalue weighted by molar-refractivity contribution is 5.88. The topological polar surface area (TPSA) is 155 Å². The summed E-state index contributed by atoms with van der Waals surface area (Å²) in [7, 11) is 1.73. The van der Waals surface area contributed by atoms with Crippen molar-refractivity contribution in [3.05, 3.63) is 83.6 Å². The van der Waals surface area contributed by atoms with Gasteiger partial charge < -0.3 is 21.1 Å². The summed E-state index contributed by atoms with van der Waals surface area (Å²) in [6, 6.07) is 16.2. The van der Waals surface area contributed by atoms with E-state index in [1.54, 1.807) is 51.8 Å². The average Bonchev–Trinajstić information content (AvgIpc) is 3.17. The van der Waals surface area contributed by atoms with Gasteiger partial charge >= 0.3 is 5.69 Å². The summed E-state index contributed by atoms with van der Waals surface area (Å²) in [4.78, 5) is 49.0. The first kappa shape index (κ1) is 25.7. The maximum atomic E-state index is 13.7. The second kappa shape index (κ2) is 10.8. The Morgan fingerprint density at radius 2 is 1.77 bits per heavy atom. The van der Waals surface area contributed by atoms with Crippen molar-refractivity contribution in [2.45, 2.75) is 6.04 Å². The third kappa shape index (κ3) is 5.36. The summed E-state index contributed by atoms with van der Waals surface area (Å²) in [5.41, 5.74) is 12.4. The summed E-state index contributed by atoms with van der Waals surface area (Å²) >= 11 is 0. The number of rotatable bonds is 9. The molecule has 0 bridgehead atoms. The zero-order chi connectivity index (χ0) is 27.5. The number of primary amides is 1. The number of benzene rings is 2. The lowest BCUT2D eigenvalue weighted by Crippen LogP contribution is -2.52. The molecule has 0 spiro atoms. The summed E-state index contributed by atoms with van der Waals surface area (Å²) < 4.78 is 8.91. The van der Waals surface area contributed by atoms with Crippen LogP contribution in [0.25, 0.3) is 16.9 Å². The first-order chi connectivity index (χ1) is 18.8. The number of hydrogen-bond donors (Lipinski definition) is 2. The number of nitrogen functional groups attached to an aromatic ring is 1. The van der Waals surface area contributed by atoms with Crippen molar-refractivity contribution in [1.29, 1.82) is 0 Å². The van der Waals surface area contributed by atoms with Crippen LogP contribution in [-0.4, -0.2) is 73.9 Å². The molecule has 2 aromatic heterocycles. The fraction of sp³-hybridized carbons (Fsp3) is 0.222. The van der Waals surface area contributed by atoms with E-state index in [0.29, 0.717) is 48.0 Å². The molecule has 4 aromatic rings. The number of carbonyl (C=O) groups excluding carboxylic acids is 2. The largest absolute Gasteiger partial charge is 0.457 e. The number of amides is 2. The molecule has 2 aromatic carbocycles. The molecular formula is C27H28N8O4. The Balaban J connectivity index is 1.35. The molecule has 12 nitrogen and oxygen atoms in total. The summed E-state index contributed by atoms with van der Waals surface area (Å²) in [5.74, 6) is 0.879. The first-order valence-electron chi connectivity index (χ1n) is 12.3. The number of likely N-dealkylation sites (N-methyl/N-ethyl adjacent to an activating group) is 1. The predicted octanol–water partition coefficient (Wildman–Crippen LogP) is 1.31. The van der Waals surface area contributed by atoms with Crippen LogP contribution >= 0.6 is 0 Å². The van der Waals surface area contributed by atoms with Gasteiger partial charge in [0.1, 0.15) is 23.3 Å². The first-order valence-corrected chi connectivity index (χ1v) is 12.3. The van der Waals surface area contributed by atoms with Crippen LogP contribution in [-0.2, 0) is 9.59 Å². The van der Waals surface area contributed by atoms with Gasteiger partial charge in [0.25, 0.3) is 0 Å². The van der Waals surface area contributed by atoms with E-state index in [1.807, 2.05) is 30.3 Å². The zero-order valence-electron chi connectivity index (χ0n) is 21.3. The van der Waals surface area contributed by atoms with Crippen molar-refractivity contribution >= 4 is 28.8 Å². The van der Waals surface area contributed by atoms with Crippen molar-refractivity contribution < 1.29 is 14.3 Å². The lowest BCUT2D eigenvalue weighted by atomic mass is 10.1. The minimum absolute atomic E-state index is 0.102. The van der Waals surface area contributed by atoms with Crippen molar-refractivity contribution in [2.24, 2.45) is 5.73 Å². The minimum atomic E-state index is -0.437. The summed E-state index contributed by atoms with van der Waals surface area (Å²) in [6.07, 6.45) is 4.45. The van der Waals surface area contributed by atoms with E-state index >= 15 is 0 Å². The Morgan fingerprint density at radius 1 is 1.08 bits per heavy atom. The van der Waals surface area contributed by atoms with Gasteiger partial charge in [-0.1, -0.05) is 24.3 Å². The lowest BCUT2D eigenvalue weighted by Gasteiger charge is -2.38. The Labute approximate surface area is 223 Å². The van der Waals surface area contributed by atoms with E-state index in [4.69, 9.17) is 16.2 Å². The van der Waals surface area contributed by atoms with Gasteiger partial charge in [0.05, 0.1) is 18.3 Å². The van der Waals surface area contributed by atoms with Gasteiger partial charge in [-0.2, -0.15) is 0 Å². The normalized spacial score (nSPS) is 13.7. The van der Waals surface area contributed by atoms with Crippen LogP contribution in [0.5, 0.6) is 11.5 Å². The SMILES string of the molecule is CN(CC=CC(=O)N1CC(n2c(=O)n(-c3ccc(Oc4ccccc4)cc3)c3c(N)ncnc32)C1)CC(N)=O. The van der Waals surface area contributed by atoms with Crippen molar-refractivity contribution in [1.82, 2.24) is 28.9 Å². The van der Waals surface area contributed by atoms with Gasteiger partial charge in [-0.05, 0) is 43.4 Å². The number of fused-ring (bicyclic) bond motifs is 1. The third-order valence-electron chi connectivity index (χ3n) is 6.40. The Bertz CT molecular complexity index is 1590. The molecule has 1 aliphatic rings. The van der Waals surface area contributed by atoms with Gasteiger partial charge in [0.2, 0.25) is 11.8 Å². The maximum Gasteiger partial charge on any atom is 0.335 e. The molecule has 1 aliphatic heterocycles. The highest BCUT2D eigenvalue weighted by Crippen LogP contribution is 2.28. The number of nitrogens with zero attached hydrogens (tertiary/aromatic N) is 6. The van der Waals surface area contributed by atoms with Gasteiger partial charge in [0.15, 0.2) is 11.5 Å². The standard InChI is InChI=1S/C27H28N8O4/c1-32(16-22(28)36)13-5-8-23(37)33-14-19(15-33)35-26-24(25(29)30-17-31-26)34(27(35)38)18-9-11-21(12-10-18)39-20-6-3-2-4-7-20/h2-12,17,19H,13-16H2,1H3,(H2,28,36)(H2,29,30,31). The highest BCUT2D eigenvalue weighted by atomic mass is 16.5. The molecule has 0 radical (unpaired) electrons. The molecule has 0 atom stereocenters. The highest BCUT2D eigenvalue weighted by Gasteiger charge is 2.35. The number of ether oxygens (including phenoxy) is 1. The Kier molecular flexibility index (Phi) is 7.10. The van der Waals surface area contributed by atoms with E-state index in [-0.39, 0.29) is 30.0 Å². The number of para-hydroxylation sites is 1. The molecule has 2 amide bonds. The number of carbonyl (C=O) groups is 2. The van der Waals surface area contributed by atoms with Crippen LogP contribution < -0.4 is 21.9 Å². The number of anilines is 1. The van der Waals surface area contributed by atoms with Crippen LogP contribution in [0.2, 0.25) is 0 Å². The van der Waals surface area contributed by atoms with E-state index in [0.717, 1.165) is 0 Å². The smallest absolute Gasteiger partial charge is 0.335 e. The molecule has 1 fully saturated rings. The van der Waals surface area contributed by atoms with E-state index in [2.05, 4.69) is 9.97 Å². The molecule has 3 heterocycles. The van der Waals surface area contributed by atoms with E-state index in [9.17, 15) is 14.4 Å². The second-order valence-corrected chi connectivity index (χ2v) is 9.29. The van der Waals surface area contributed by atoms with Gasteiger partial charge in [0, 0.05) is 25.7 Å². The molecular weight excluding hydrogens is 500 g/mol. The van der Waals surface area contributed by atoms with Crippen LogP contribution in [0.15, 0.2) is 77.9 Å². The molecule has 5 rings (SSSR count). The fourth-order valence-corrected chi connectivity index (χ4v) is 4.49. The predicted molar refractivity (Wildman–Crippen MR) is 146 cm³/mol. The van der Waals surface area contributed by atoms with Crippen molar-refractivity contribution in [3.63, 3.8) is 0 Å². The number of hydrogen-bond acceptors (Lipinski definition) is 8. The number of likely N-dealkylation sites (tertiary alicyclic amines) is 1. The molecule has 0 saturated carbocycles. The maximum absolute atomic E-state index is 13.7. The quantitative estimate of drug-likeness (QED) is 0.308. The molecule has 200 valence electrons. The van der Waals surface area contributed by atoms with Crippen molar-refractivity contribution in [2.75, 3.05) is 39.0 Å². The van der Waals surface area contributed by atoms with Crippen LogP contribution in [0.1, 0.15) is 6.04 Å². The molecule has 0 unspecified atom stereocenters. The lowest BCUT2D eigenvalue weighted by molar-refractivity contribution is -0.131. The number of imidazole rings is 1. The number of aromatic nitrogens is 4. The molecule has 12 heteroatoms. The molecule has 1 saturated heterocycles. The number of nitrogens with two attached hydrogens (primary N) is 2. The van der Waals surface area contributed by atoms with Gasteiger partial charge in [-0.3, -0.25) is 23.6 Å². The monoisotopic (exact) mass is 528 g/mol. The van der Waals surface area contributed by atoms with Gasteiger partial charge in [-0.25, -0.2) is 14.8 Å². The van der Waals surface area contributed by atoms with E-state index < -0.39 is 5.91 Å². The van der Waals surface area contributed by atoms with Crippen LogP contribution in [0.4, 0.5) is 5.82 Å². The zero-order valence-corrected chi connectivity index (χ0v) is 21.3.